The quantitative estimate of drug-likeness (QED) is 0.780. The van der Waals surface area contributed by atoms with Gasteiger partial charge in [-0.15, -0.1) is 0 Å². The molecule has 0 aromatic heterocycles. The van der Waals surface area contributed by atoms with E-state index in [-0.39, 0.29) is 17.9 Å². The zero-order valence-corrected chi connectivity index (χ0v) is 17.8. The molecule has 0 saturated carbocycles. The predicted molar refractivity (Wildman–Crippen MR) is 119 cm³/mol. The van der Waals surface area contributed by atoms with Gasteiger partial charge in [0.05, 0.1) is 6.04 Å². The van der Waals surface area contributed by atoms with E-state index in [1.54, 1.807) is 0 Å². The summed E-state index contributed by atoms with van der Waals surface area (Å²) in [4.78, 5) is 29.0. The first-order valence-corrected chi connectivity index (χ1v) is 11.1. The maximum absolute atomic E-state index is 12.8. The van der Waals surface area contributed by atoms with Crippen LogP contribution in [0.15, 0.2) is 48.5 Å². The molecular formula is C25H31N3O2. The van der Waals surface area contributed by atoms with Crippen LogP contribution >= 0.6 is 0 Å². The van der Waals surface area contributed by atoms with Crippen molar-refractivity contribution in [1.29, 1.82) is 0 Å². The second kappa shape index (κ2) is 9.33. The Balaban J connectivity index is 1.37. The molecule has 2 saturated heterocycles. The first-order chi connectivity index (χ1) is 14.6. The van der Waals surface area contributed by atoms with E-state index >= 15 is 0 Å². The zero-order valence-electron chi connectivity index (χ0n) is 17.8. The second-order valence-electron chi connectivity index (χ2n) is 8.45. The second-order valence-corrected chi connectivity index (χ2v) is 8.45. The van der Waals surface area contributed by atoms with Crippen LogP contribution in [-0.2, 0) is 11.3 Å². The lowest BCUT2D eigenvalue weighted by Crippen LogP contribution is -2.29. The van der Waals surface area contributed by atoms with E-state index in [0.29, 0.717) is 18.5 Å². The van der Waals surface area contributed by atoms with Crippen molar-refractivity contribution >= 4 is 17.5 Å². The molecule has 5 heteroatoms. The topological polar surface area (TPSA) is 52.7 Å². The summed E-state index contributed by atoms with van der Waals surface area (Å²) in [6, 6.07) is 16.1. The molecule has 2 aromatic carbocycles. The number of hydrogen-bond donors (Lipinski definition) is 1. The molecule has 0 radical (unpaired) electrons. The van der Waals surface area contributed by atoms with Gasteiger partial charge in [-0.2, -0.15) is 0 Å². The third kappa shape index (κ3) is 4.84. The Kier molecular flexibility index (Phi) is 6.36. The molecular weight excluding hydrogens is 374 g/mol. The van der Waals surface area contributed by atoms with Crippen molar-refractivity contribution in [3.63, 3.8) is 0 Å². The zero-order chi connectivity index (χ0) is 20.9. The summed E-state index contributed by atoms with van der Waals surface area (Å²) in [7, 11) is 0. The molecule has 2 aromatic rings. The van der Waals surface area contributed by atoms with E-state index in [0.717, 1.165) is 37.2 Å². The van der Waals surface area contributed by atoms with Crippen LogP contribution in [0.4, 0.5) is 5.69 Å². The van der Waals surface area contributed by atoms with Gasteiger partial charge in [-0.25, -0.2) is 0 Å². The maximum Gasteiger partial charge on any atom is 0.251 e. The Morgan fingerprint density at radius 1 is 1.00 bits per heavy atom. The summed E-state index contributed by atoms with van der Waals surface area (Å²) in [5.74, 6) is 0.115. The van der Waals surface area contributed by atoms with Gasteiger partial charge in [0.1, 0.15) is 0 Å². The molecule has 5 nitrogen and oxygen atoms in total. The maximum atomic E-state index is 12.8. The summed E-state index contributed by atoms with van der Waals surface area (Å²) < 4.78 is 0. The number of likely N-dealkylation sites (tertiary alicyclic amines) is 1. The van der Waals surface area contributed by atoms with Crippen LogP contribution in [0.2, 0.25) is 0 Å². The van der Waals surface area contributed by atoms with Crippen molar-refractivity contribution in [2.45, 2.75) is 51.6 Å². The van der Waals surface area contributed by atoms with E-state index in [1.165, 1.54) is 24.9 Å². The van der Waals surface area contributed by atoms with Crippen LogP contribution < -0.4 is 10.2 Å². The van der Waals surface area contributed by atoms with Crippen LogP contribution in [0.3, 0.4) is 0 Å². The van der Waals surface area contributed by atoms with Gasteiger partial charge in [0.25, 0.3) is 5.91 Å². The van der Waals surface area contributed by atoms with Crippen molar-refractivity contribution in [2.75, 3.05) is 24.5 Å². The minimum absolute atomic E-state index is 0.0725. The average Bonchev–Trinajstić information content (AvgIpc) is 3.19. The SMILES string of the molecule is C[C@@H](NC(=O)c1cccc(CN2CCCC2=O)c1)c1ccc(N2CCCCC2)cc1. The van der Waals surface area contributed by atoms with Gasteiger partial charge in [0, 0.05) is 43.9 Å². The Bertz CT molecular complexity index is 888. The molecule has 0 spiro atoms. The lowest BCUT2D eigenvalue weighted by Gasteiger charge is -2.29. The molecule has 2 aliphatic rings. The summed E-state index contributed by atoms with van der Waals surface area (Å²) in [6.07, 6.45) is 5.41. The fourth-order valence-electron chi connectivity index (χ4n) is 4.39. The molecule has 1 atom stereocenters. The molecule has 0 aliphatic carbocycles. The van der Waals surface area contributed by atoms with Gasteiger partial charge >= 0.3 is 0 Å². The molecule has 30 heavy (non-hydrogen) atoms. The molecule has 0 bridgehead atoms. The number of piperidine rings is 1. The third-order valence-corrected chi connectivity index (χ3v) is 6.20. The molecule has 2 heterocycles. The molecule has 2 amide bonds. The average molecular weight is 406 g/mol. The summed E-state index contributed by atoms with van der Waals surface area (Å²) in [6.45, 7) is 5.66. The predicted octanol–water partition coefficient (Wildman–Crippen LogP) is 4.29. The van der Waals surface area contributed by atoms with Crippen LogP contribution in [-0.4, -0.2) is 36.3 Å². The summed E-state index contributed by atoms with van der Waals surface area (Å²) in [5, 5.41) is 3.11. The van der Waals surface area contributed by atoms with E-state index in [4.69, 9.17) is 0 Å². The molecule has 2 fully saturated rings. The number of hydrogen-bond acceptors (Lipinski definition) is 3. The third-order valence-electron chi connectivity index (χ3n) is 6.20. The molecule has 1 N–H and O–H groups in total. The van der Waals surface area contributed by atoms with Crippen LogP contribution in [0, 0.1) is 0 Å². The smallest absolute Gasteiger partial charge is 0.251 e. The number of anilines is 1. The molecule has 158 valence electrons. The fraction of sp³-hybridized carbons (Fsp3) is 0.440. The van der Waals surface area contributed by atoms with Crippen molar-refractivity contribution in [2.24, 2.45) is 0 Å². The summed E-state index contributed by atoms with van der Waals surface area (Å²) >= 11 is 0. The van der Waals surface area contributed by atoms with E-state index in [2.05, 4.69) is 34.5 Å². The highest BCUT2D eigenvalue weighted by molar-refractivity contribution is 5.94. The first-order valence-electron chi connectivity index (χ1n) is 11.1. The van der Waals surface area contributed by atoms with Gasteiger partial charge < -0.3 is 15.1 Å². The van der Waals surface area contributed by atoms with Crippen LogP contribution in [0.25, 0.3) is 0 Å². The van der Waals surface area contributed by atoms with E-state index in [9.17, 15) is 9.59 Å². The normalized spacial score (nSPS) is 17.8. The standard InChI is InChI=1S/C25H31N3O2/c1-19(21-10-12-23(13-11-21)27-14-3-2-4-15-27)26-25(30)22-8-5-7-20(17-22)18-28-16-6-9-24(28)29/h5,7-8,10-13,17,19H,2-4,6,9,14-16,18H2,1H3,(H,26,30)/t19-/m1/s1. The van der Waals surface area contributed by atoms with Gasteiger partial charge in [0.2, 0.25) is 5.91 Å². The number of rotatable bonds is 6. The minimum Gasteiger partial charge on any atom is -0.372 e. The Labute approximate surface area is 179 Å². The number of benzene rings is 2. The fourth-order valence-corrected chi connectivity index (χ4v) is 4.39. The Morgan fingerprint density at radius 2 is 1.77 bits per heavy atom. The highest BCUT2D eigenvalue weighted by Gasteiger charge is 2.20. The Hall–Kier alpha value is -2.82. The first kappa shape index (κ1) is 20.5. The van der Waals surface area contributed by atoms with Gasteiger partial charge in [-0.1, -0.05) is 24.3 Å². The summed E-state index contributed by atoms with van der Waals surface area (Å²) in [5.41, 5.74) is 4.00. The molecule has 2 aliphatic heterocycles. The van der Waals surface area contributed by atoms with Gasteiger partial charge in [-0.05, 0) is 68.0 Å². The number of nitrogens with one attached hydrogen (secondary N) is 1. The van der Waals surface area contributed by atoms with Crippen LogP contribution in [0.1, 0.15) is 66.6 Å². The van der Waals surface area contributed by atoms with E-state index < -0.39 is 0 Å². The van der Waals surface area contributed by atoms with Crippen molar-refractivity contribution in [3.8, 4) is 0 Å². The molecule has 0 unspecified atom stereocenters. The van der Waals surface area contributed by atoms with Crippen LogP contribution in [0.5, 0.6) is 0 Å². The van der Waals surface area contributed by atoms with Crippen molar-refractivity contribution in [1.82, 2.24) is 10.2 Å². The molecule has 4 rings (SSSR count). The van der Waals surface area contributed by atoms with Gasteiger partial charge in [0.15, 0.2) is 0 Å². The lowest BCUT2D eigenvalue weighted by atomic mass is 10.0. The minimum atomic E-state index is -0.0859. The van der Waals surface area contributed by atoms with Crippen molar-refractivity contribution < 1.29 is 9.59 Å². The van der Waals surface area contributed by atoms with E-state index in [1.807, 2.05) is 36.1 Å². The highest BCUT2D eigenvalue weighted by atomic mass is 16.2. The number of nitrogens with zero attached hydrogens (tertiary/aromatic N) is 2. The lowest BCUT2D eigenvalue weighted by molar-refractivity contribution is -0.128. The highest BCUT2D eigenvalue weighted by Crippen LogP contribution is 2.23. The Morgan fingerprint density at radius 3 is 2.47 bits per heavy atom. The number of amides is 2. The van der Waals surface area contributed by atoms with Crippen molar-refractivity contribution in [3.05, 3.63) is 65.2 Å². The number of carbonyl (C=O) groups excluding carboxylic acids is 2. The largest absolute Gasteiger partial charge is 0.372 e. The number of carbonyl (C=O) groups is 2. The monoisotopic (exact) mass is 405 g/mol. The van der Waals surface area contributed by atoms with Gasteiger partial charge in [-0.3, -0.25) is 9.59 Å².